The smallest absolute Gasteiger partial charge is 0.0655 e. The van der Waals surface area contributed by atoms with E-state index in [-0.39, 0.29) is 24.4 Å². The van der Waals surface area contributed by atoms with E-state index in [0.29, 0.717) is 12.8 Å². The lowest BCUT2D eigenvalue weighted by Crippen LogP contribution is -2.38. The Morgan fingerprint density at radius 3 is 1.38 bits per heavy atom. The van der Waals surface area contributed by atoms with Crippen molar-refractivity contribution in [1.29, 1.82) is 0 Å². The van der Waals surface area contributed by atoms with Gasteiger partial charge in [-0.25, -0.2) is 0 Å². The number of aliphatic hydroxyl groups is 2. The van der Waals surface area contributed by atoms with Crippen LogP contribution in [0.3, 0.4) is 0 Å². The van der Waals surface area contributed by atoms with Crippen molar-refractivity contribution in [2.45, 2.75) is 51.7 Å². The molecule has 3 heteroatoms. The Kier molecular flexibility index (Phi) is 4.89. The van der Waals surface area contributed by atoms with Crippen LogP contribution in [0.1, 0.15) is 40.5 Å². The fraction of sp³-hybridized carbons (Fsp3) is 1.00. The maximum absolute atomic E-state index is 8.80. The summed E-state index contributed by atoms with van der Waals surface area (Å²) in [5.41, 5.74) is -0.652. The second-order valence-electron chi connectivity index (χ2n) is 4.57. The first-order valence-corrected chi connectivity index (χ1v) is 4.75. The van der Waals surface area contributed by atoms with E-state index in [1.54, 1.807) is 0 Å². The van der Waals surface area contributed by atoms with Gasteiger partial charge in [-0.2, -0.15) is 0 Å². The van der Waals surface area contributed by atoms with E-state index in [4.69, 9.17) is 14.9 Å². The molecule has 0 aromatic heterocycles. The molecule has 0 saturated carbocycles. The predicted molar refractivity (Wildman–Crippen MR) is 52.6 cm³/mol. The zero-order valence-corrected chi connectivity index (χ0v) is 9.13. The van der Waals surface area contributed by atoms with Gasteiger partial charge in [0.2, 0.25) is 0 Å². The maximum Gasteiger partial charge on any atom is 0.0655 e. The van der Waals surface area contributed by atoms with Gasteiger partial charge in [-0.1, -0.05) is 0 Å². The monoisotopic (exact) mass is 190 g/mol. The zero-order valence-electron chi connectivity index (χ0n) is 9.13. The maximum atomic E-state index is 8.80. The number of hydrogen-bond acceptors (Lipinski definition) is 3. The van der Waals surface area contributed by atoms with Crippen molar-refractivity contribution >= 4 is 0 Å². The lowest BCUT2D eigenvalue weighted by atomic mass is 10.0. The normalized spacial score (nSPS) is 13.4. The standard InChI is InChI=1S/C10H22O3/c1-9(2,5-7-11)13-10(3,4)6-8-12/h11-12H,5-8H2,1-4H3. The Balaban J connectivity index is 4.07. The number of hydrogen-bond donors (Lipinski definition) is 2. The molecule has 0 bridgehead atoms. The second-order valence-corrected chi connectivity index (χ2v) is 4.57. The van der Waals surface area contributed by atoms with Crippen LogP contribution < -0.4 is 0 Å². The van der Waals surface area contributed by atoms with Crippen LogP contribution in [0.15, 0.2) is 0 Å². The summed E-state index contributed by atoms with van der Waals surface area (Å²) in [6, 6.07) is 0. The van der Waals surface area contributed by atoms with Crippen LogP contribution in [0.5, 0.6) is 0 Å². The first kappa shape index (κ1) is 12.9. The largest absolute Gasteiger partial charge is 0.396 e. The van der Waals surface area contributed by atoms with Crippen LogP contribution in [-0.4, -0.2) is 34.6 Å². The summed E-state index contributed by atoms with van der Waals surface area (Å²) in [6.45, 7) is 8.04. The third kappa shape index (κ3) is 6.02. The molecule has 0 spiro atoms. The van der Waals surface area contributed by atoms with Gasteiger partial charge in [0.05, 0.1) is 11.2 Å². The molecule has 0 unspecified atom stereocenters. The Morgan fingerprint density at radius 2 is 1.15 bits per heavy atom. The summed E-state index contributed by atoms with van der Waals surface area (Å²) < 4.78 is 5.79. The third-order valence-corrected chi connectivity index (χ3v) is 1.98. The summed E-state index contributed by atoms with van der Waals surface area (Å²) in [5, 5.41) is 17.6. The Bertz CT molecular complexity index is 125. The molecular weight excluding hydrogens is 168 g/mol. The molecule has 0 fully saturated rings. The highest BCUT2D eigenvalue weighted by atomic mass is 16.5. The Hall–Kier alpha value is -0.120. The molecule has 13 heavy (non-hydrogen) atoms. The minimum atomic E-state index is -0.326. The lowest BCUT2D eigenvalue weighted by molar-refractivity contribution is -0.136. The van der Waals surface area contributed by atoms with E-state index in [1.807, 2.05) is 27.7 Å². The molecule has 0 aliphatic rings. The number of ether oxygens (including phenoxy) is 1. The van der Waals surface area contributed by atoms with Gasteiger partial charge in [-0.05, 0) is 40.5 Å². The summed E-state index contributed by atoms with van der Waals surface area (Å²) in [7, 11) is 0. The minimum absolute atomic E-state index is 0.127. The number of rotatable bonds is 6. The first-order valence-electron chi connectivity index (χ1n) is 4.75. The topological polar surface area (TPSA) is 49.7 Å². The van der Waals surface area contributed by atoms with Crippen LogP contribution in [0, 0.1) is 0 Å². The van der Waals surface area contributed by atoms with Crippen molar-refractivity contribution in [2.24, 2.45) is 0 Å². The van der Waals surface area contributed by atoms with Gasteiger partial charge in [-0.3, -0.25) is 0 Å². The van der Waals surface area contributed by atoms with Crippen molar-refractivity contribution in [3.8, 4) is 0 Å². The van der Waals surface area contributed by atoms with Crippen LogP contribution in [0.4, 0.5) is 0 Å². The second kappa shape index (κ2) is 4.94. The fourth-order valence-corrected chi connectivity index (χ4v) is 1.39. The lowest BCUT2D eigenvalue weighted by Gasteiger charge is -2.35. The number of aliphatic hydroxyl groups excluding tert-OH is 2. The van der Waals surface area contributed by atoms with Crippen molar-refractivity contribution in [1.82, 2.24) is 0 Å². The molecule has 0 saturated heterocycles. The molecule has 3 nitrogen and oxygen atoms in total. The van der Waals surface area contributed by atoms with Crippen molar-refractivity contribution in [2.75, 3.05) is 13.2 Å². The van der Waals surface area contributed by atoms with Crippen molar-refractivity contribution in [3.63, 3.8) is 0 Å². The molecule has 0 amide bonds. The van der Waals surface area contributed by atoms with Crippen LogP contribution >= 0.6 is 0 Å². The van der Waals surface area contributed by atoms with Gasteiger partial charge in [0.1, 0.15) is 0 Å². The van der Waals surface area contributed by atoms with E-state index in [9.17, 15) is 0 Å². The SMILES string of the molecule is CC(C)(CCO)OC(C)(C)CCO. The molecule has 0 heterocycles. The fourth-order valence-electron chi connectivity index (χ4n) is 1.39. The quantitative estimate of drug-likeness (QED) is 0.664. The van der Waals surface area contributed by atoms with E-state index >= 15 is 0 Å². The summed E-state index contributed by atoms with van der Waals surface area (Å²) in [6.07, 6.45) is 1.23. The van der Waals surface area contributed by atoms with E-state index in [1.165, 1.54) is 0 Å². The zero-order chi connectivity index (χ0) is 10.5. The van der Waals surface area contributed by atoms with Crippen LogP contribution in [0.25, 0.3) is 0 Å². The molecule has 2 N–H and O–H groups in total. The predicted octanol–water partition coefficient (Wildman–Crippen LogP) is 1.32. The van der Waals surface area contributed by atoms with Gasteiger partial charge < -0.3 is 14.9 Å². The summed E-state index contributed by atoms with van der Waals surface area (Å²) in [4.78, 5) is 0. The van der Waals surface area contributed by atoms with Crippen LogP contribution in [0.2, 0.25) is 0 Å². The average Bonchev–Trinajstić information content (AvgIpc) is 1.82. The van der Waals surface area contributed by atoms with Gasteiger partial charge in [-0.15, -0.1) is 0 Å². The molecule has 0 aliphatic carbocycles. The van der Waals surface area contributed by atoms with E-state index in [0.717, 1.165) is 0 Å². The van der Waals surface area contributed by atoms with E-state index < -0.39 is 0 Å². The highest BCUT2D eigenvalue weighted by molar-refractivity contribution is 4.76. The third-order valence-electron chi connectivity index (χ3n) is 1.98. The molecule has 0 aromatic carbocycles. The molecule has 0 aliphatic heterocycles. The Labute approximate surface area is 80.7 Å². The van der Waals surface area contributed by atoms with Gasteiger partial charge >= 0.3 is 0 Å². The molecule has 0 rings (SSSR count). The van der Waals surface area contributed by atoms with Gasteiger partial charge in [0.15, 0.2) is 0 Å². The van der Waals surface area contributed by atoms with Crippen molar-refractivity contribution in [3.05, 3.63) is 0 Å². The van der Waals surface area contributed by atoms with Crippen molar-refractivity contribution < 1.29 is 14.9 Å². The average molecular weight is 190 g/mol. The Morgan fingerprint density at radius 1 is 0.846 bits per heavy atom. The highest BCUT2D eigenvalue weighted by Gasteiger charge is 2.28. The molecular formula is C10H22O3. The summed E-state index contributed by atoms with van der Waals surface area (Å²) in [5.74, 6) is 0. The molecule has 0 atom stereocenters. The van der Waals surface area contributed by atoms with Crippen LogP contribution in [-0.2, 0) is 4.74 Å². The molecule has 80 valence electrons. The van der Waals surface area contributed by atoms with E-state index in [2.05, 4.69) is 0 Å². The molecule has 0 radical (unpaired) electrons. The van der Waals surface area contributed by atoms with Gasteiger partial charge in [0.25, 0.3) is 0 Å². The van der Waals surface area contributed by atoms with Gasteiger partial charge in [0, 0.05) is 13.2 Å². The minimum Gasteiger partial charge on any atom is -0.396 e. The summed E-state index contributed by atoms with van der Waals surface area (Å²) >= 11 is 0. The highest BCUT2D eigenvalue weighted by Crippen LogP contribution is 2.25. The molecule has 0 aromatic rings. The first-order chi connectivity index (χ1) is 5.83.